The maximum atomic E-state index is 11.7. The number of aryl methyl sites for hydroxylation is 1. The number of hydrogen-bond donors (Lipinski definition) is 2. The molecule has 0 amide bonds. The number of nitrogens with one attached hydrogen (secondary N) is 2. The molecule has 0 aromatic heterocycles. The van der Waals surface area contributed by atoms with Crippen molar-refractivity contribution in [1.82, 2.24) is 0 Å². The molecular formula is C11H16N2O4S2. The second-order valence-electron chi connectivity index (χ2n) is 4.66. The summed E-state index contributed by atoms with van der Waals surface area (Å²) < 4.78 is 47.7. The Balaban J connectivity index is 2.20. The number of sulfone groups is 1. The van der Waals surface area contributed by atoms with Gasteiger partial charge >= 0.3 is 0 Å². The molecule has 0 unspecified atom stereocenters. The van der Waals surface area contributed by atoms with Crippen molar-refractivity contribution in [3.05, 3.63) is 23.8 Å². The topological polar surface area (TPSA) is 92.3 Å². The smallest absolute Gasteiger partial charge is 0.247 e. The lowest BCUT2D eigenvalue weighted by molar-refractivity contribution is 0.595. The van der Waals surface area contributed by atoms with Gasteiger partial charge in [0.2, 0.25) is 10.0 Å². The minimum absolute atomic E-state index is 0.395. The van der Waals surface area contributed by atoms with Crippen LogP contribution in [0.25, 0.3) is 0 Å². The minimum Gasteiger partial charge on any atom is -0.385 e. The molecule has 0 fully saturated rings. The second kappa shape index (κ2) is 5.01. The van der Waals surface area contributed by atoms with Crippen LogP contribution in [-0.4, -0.2) is 34.7 Å². The summed E-state index contributed by atoms with van der Waals surface area (Å²) in [4.78, 5) is 0. The summed E-state index contributed by atoms with van der Waals surface area (Å²) in [7, 11) is -7.46. The molecule has 0 saturated carbocycles. The average molecular weight is 304 g/mol. The van der Waals surface area contributed by atoms with Gasteiger partial charge in [-0.25, -0.2) is 16.8 Å². The molecule has 2 N–H and O–H groups in total. The number of rotatable bonds is 4. The van der Waals surface area contributed by atoms with Crippen LogP contribution < -0.4 is 10.0 Å². The Morgan fingerprint density at radius 3 is 2.68 bits per heavy atom. The molecule has 0 radical (unpaired) electrons. The van der Waals surface area contributed by atoms with E-state index in [1.807, 2.05) is 0 Å². The summed E-state index contributed by atoms with van der Waals surface area (Å²) in [5, 5.41) is 2.31. The van der Waals surface area contributed by atoms with Crippen molar-refractivity contribution in [2.45, 2.75) is 12.8 Å². The van der Waals surface area contributed by atoms with Crippen molar-refractivity contribution in [3.63, 3.8) is 0 Å². The zero-order valence-electron chi connectivity index (χ0n) is 10.5. The average Bonchev–Trinajstić information content (AvgIpc) is 2.24. The molecule has 8 heteroatoms. The van der Waals surface area contributed by atoms with Gasteiger partial charge in [-0.1, -0.05) is 0 Å². The van der Waals surface area contributed by atoms with Crippen LogP contribution in [0.5, 0.6) is 0 Å². The van der Waals surface area contributed by atoms with Crippen LogP contribution in [0.1, 0.15) is 12.0 Å². The molecule has 1 aromatic rings. The third-order valence-electron chi connectivity index (χ3n) is 2.69. The summed E-state index contributed by atoms with van der Waals surface area (Å²) in [6, 6.07) is 5.16. The van der Waals surface area contributed by atoms with Gasteiger partial charge in [-0.15, -0.1) is 0 Å². The van der Waals surface area contributed by atoms with Gasteiger partial charge in [0.25, 0.3) is 0 Å². The summed E-state index contributed by atoms with van der Waals surface area (Å²) in [6.45, 7) is 0.909. The van der Waals surface area contributed by atoms with Crippen molar-refractivity contribution < 1.29 is 16.8 Å². The lowest BCUT2D eigenvalue weighted by atomic mass is 10.0. The predicted octanol–water partition coefficient (Wildman–Crippen LogP) is 0.788. The molecule has 0 saturated heterocycles. The largest absolute Gasteiger partial charge is 0.385 e. The molecule has 6 nitrogen and oxygen atoms in total. The van der Waals surface area contributed by atoms with Gasteiger partial charge in [-0.2, -0.15) is 0 Å². The van der Waals surface area contributed by atoms with Crippen molar-refractivity contribution in [3.8, 4) is 0 Å². The number of fused-ring (bicyclic) bond motifs is 1. The molecule has 2 rings (SSSR count). The number of anilines is 2. The van der Waals surface area contributed by atoms with Crippen LogP contribution in [0.4, 0.5) is 11.4 Å². The number of sulfonamides is 1. The lowest BCUT2D eigenvalue weighted by Crippen LogP contribution is -2.22. The first-order chi connectivity index (χ1) is 8.75. The van der Waals surface area contributed by atoms with Crippen molar-refractivity contribution in [1.29, 1.82) is 0 Å². The Morgan fingerprint density at radius 2 is 2.00 bits per heavy atom. The van der Waals surface area contributed by atoms with E-state index < -0.39 is 24.9 Å². The highest BCUT2D eigenvalue weighted by atomic mass is 32.3. The fraction of sp³-hybridized carbons (Fsp3) is 0.455. The minimum atomic E-state index is -3.88. The highest BCUT2D eigenvalue weighted by Gasteiger charge is 2.18. The quantitative estimate of drug-likeness (QED) is 0.858. The molecule has 1 aliphatic heterocycles. The Kier molecular flexibility index (Phi) is 3.73. The fourth-order valence-electron chi connectivity index (χ4n) is 2.03. The van der Waals surface area contributed by atoms with Crippen LogP contribution in [0.2, 0.25) is 0 Å². The standard InChI is InChI=1S/C11H16N2O4S2/c1-18(14,15)8-19(16,17)13-10-4-5-11-9(7-10)3-2-6-12-11/h4-5,7,12-13H,2-3,6,8H2,1H3. The summed E-state index contributed by atoms with van der Waals surface area (Å²) in [5.74, 6) is 0. The van der Waals surface area contributed by atoms with E-state index in [1.165, 1.54) is 0 Å². The van der Waals surface area contributed by atoms with Gasteiger partial charge in [0.05, 0.1) is 0 Å². The zero-order valence-corrected chi connectivity index (χ0v) is 12.1. The zero-order chi connectivity index (χ0) is 14.1. The molecule has 1 aromatic carbocycles. The normalized spacial score (nSPS) is 15.4. The van der Waals surface area contributed by atoms with Crippen LogP contribution in [0.3, 0.4) is 0 Å². The molecule has 0 atom stereocenters. The molecule has 19 heavy (non-hydrogen) atoms. The second-order valence-corrected chi connectivity index (χ2v) is 8.89. The first-order valence-corrected chi connectivity index (χ1v) is 9.51. The van der Waals surface area contributed by atoms with Crippen molar-refractivity contribution >= 4 is 31.2 Å². The summed E-state index contributed by atoms with van der Waals surface area (Å²) >= 11 is 0. The summed E-state index contributed by atoms with van der Waals surface area (Å²) in [5.41, 5.74) is 2.43. The first-order valence-electron chi connectivity index (χ1n) is 5.80. The fourth-order valence-corrected chi connectivity index (χ4v) is 5.01. The molecule has 106 valence electrons. The van der Waals surface area contributed by atoms with E-state index in [0.717, 1.165) is 36.9 Å². The number of hydrogen-bond acceptors (Lipinski definition) is 5. The van der Waals surface area contributed by atoms with Crippen LogP contribution in [0, 0.1) is 0 Å². The number of benzene rings is 1. The molecule has 0 aliphatic carbocycles. The molecule has 0 bridgehead atoms. The van der Waals surface area contributed by atoms with Gasteiger partial charge in [-0.3, -0.25) is 4.72 Å². The Labute approximate surface area is 113 Å². The third-order valence-corrected chi connectivity index (χ3v) is 6.19. The first kappa shape index (κ1) is 14.1. The van der Waals surface area contributed by atoms with E-state index in [2.05, 4.69) is 10.0 Å². The Hall–Kier alpha value is -1.28. The predicted molar refractivity (Wildman–Crippen MR) is 75.5 cm³/mol. The van der Waals surface area contributed by atoms with Crippen molar-refractivity contribution in [2.24, 2.45) is 0 Å². The molecule has 1 aliphatic rings. The van der Waals surface area contributed by atoms with Crippen LogP contribution in [0.15, 0.2) is 18.2 Å². The Morgan fingerprint density at radius 1 is 1.26 bits per heavy atom. The maximum Gasteiger partial charge on any atom is 0.247 e. The van der Waals surface area contributed by atoms with Crippen molar-refractivity contribution in [2.75, 3.05) is 27.9 Å². The maximum absolute atomic E-state index is 11.7. The molecule has 0 spiro atoms. The Bertz CT molecular complexity index is 681. The van der Waals surface area contributed by atoms with Gasteiger partial charge in [0.15, 0.2) is 14.9 Å². The van der Waals surface area contributed by atoms with E-state index in [-0.39, 0.29) is 0 Å². The highest BCUT2D eigenvalue weighted by Crippen LogP contribution is 2.25. The van der Waals surface area contributed by atoms with E-state index in [0.29, 0.717) is 5.69 Å². The van der Waals surface area contributed by atoms with Gasteiger partial charge in [0.1, 0.15) is 0 Å². The third kappa shape index (κ3) is 4.10. The van der Waals surface area contributed by atoms with E-state index in [1.54, 1.807) is 18.2 Å². The SMILES string of the molecule is CS(=O)(=O)CS(=O)(=O)Nc1ccc2c(c1)CCCN2. The van der Waals surface area contributed by atoms with Gasteiger partial charge < -0.3 is 5.32 Å². The molecule has 1 heterocycles. The lowest BCUT2D eigenvalue weighted by Gasteiger charge is -2.19. The van der Waals surface area contributed by atoms with E-state index >= 15 is 0 Å². The summed E-state index contributed by atoms with van der Waals surface area (Å²) in [6.07, 6.45) is 2.76. The van der Waals surface area contributed by atoms with Gasteiger partial charge in [0, 0.05) is 24.2 Å². The van der Waals surface area contributed by atoms with Crippen LogP contribution in [-0.2, 0) is 26.3 Å². The molecular weight excluding hydrogens is 288 g/mol. The highest BCUT2D eigenvalue weighted by molar-refractivity contribution is 8.08. The van der Waals surface area contributed by atoms with E-state index in [9.17, 15) is 16.8 Å². The van der Waals surface area contributed by atoms with Gasteiger partial charge in [-0.05, 0) is 36.6 Å². The van der Waals surface area contributed by atoms with E-state index in [4.69, 9.17) is 0 Å². The van der Waals surface area contributed by atoms with Crippen LogP contribution >= 0.6 is 0 Å². The monoisotopic (exact) mass is 304 g/mol.